The van der Waals surface area contributed by atoms with E-state index < -0.39 is 6.43 Å². The number of piperazine rings is 1. The van der Waals surface area contributed by atoms with Gasteiger partial charge in [0.1, 0.15) is 5.75 Å². The fourth-order valence-corrected chi connectivity index (χ4v) is 3.09. The quantitative estimate of drug-likeness (QED) is 0.866. The first-order chi connectivity index (χ1) is 11.1. The number of methoxy groups -OCH3 is 1. The van der Waals surface area contributed by atoms with E-state index in [0.29, 0.717) is 13.1 Å². The van der Waals surface area contributed by atoms with Crippen LogP contribution in [-0.4, -0.2) is 56.1 Å². The molecule has 1 saturated heterocycles. The first-order valence-corrected chi connectivity index (χ1v) is 7.77. The average Bonchev–Trinajstić information content (AvgIpc) is 2.55. The molecule has 6 heteroatoms. The molecule has 0 aliphatic carbocycles. The number of halogens is 2. The lowest BCUT2D eigenvalue weighted by molar-refractivity contribution is 0.0854. The van der Waals surface area contributed by atoms with Crippen LogP contribution in [0.15, 0.2) is 24.4 Å². The van der Waals surface area contributed by atoms with Gasteiger partial charge in [-0.3, -0.25) is 9.88 Å². The van der Waals surface area contributed by atoms with Gasteiger partial charge in [-0.15, -0.1) is 0 Å². The minimum absolute atomic E-state index is 0.144. The molecule has 0 spiro atoms. The Hall–Kier alpha value is -1.95. The lowest BCUT2D eigenvalue weighted by atomic mass is 10.1. The molecule has 2 aromatic rings. The summed E-state index contributed by atoms with van der Waals surface area (Å²) in [4.78, 5) is 8.52. The van der Waals surface area contributed by atoms with Crippen LogP contribution in [0.5, 0.6) is 5.75 Å². The number of rotatable bonds is 4. The summed E-state index contributed by atoms with van der Waals surface area (Å²) in [7, 11) is 1.65. The summed E-state index contributed by atoms with van der Waals surface area (Å²) >= 11 is 0. The Morgan fingerprint density at radius 1 is 1.17 bits per heavy atom. The monoisotopic (exact) mass is 321 g/mol. The summed E-state index contributed by atoms with van der Waals surface area (Å²) in [5.41, 5.74) is 2.02. The fourth-order valence-electron chi connectivity index (χ4n) is 3.09. The predicted molar refractivity (Wildman–Crippen MR) is 87.7 cm³/mol. The molecule has 1 aliphatic heterocycles. The van der Waals surface area contributed by atoms with E-state index in [2.05, 4.69) is 9.88 Å². The van der Waals surface area contributed by atoms with Crippen LogP contribution in [0.1, 0.15) is 5.69 Å². The van der Waals surface area contributed by atoms with E-state index in [0.717, 1.165) is 41.0 Å². The molecule has 1 fully saturated rings. The second kappa shape index (κ2) is 6.66. The molecule has 0 amide bonds. The Balaban J connectivity index is 1.87. The van der Waals surface area contributed by atoms with Crippen LogP contribution >= 0.6 is 0 Å². The van der Waals surface area contributed by atoms with Crippen LogP contribution in [0.3, 0.4) is 0 Å². The maximum absolute atomic E-state index is 12.5. The molecule has 2 heterocycles. The highest BCUT2D eigenvalue weighted by molar-refractivity contribution is 5.96. The number of fused-ring (bicyclic) bond motifs is 1. The van der Waals surface area contributed by atoms with Crippen molar-refractivity contribution in [3.63, 3.8) is 0 Å². The Bertz CT molecular complexity index is 685. The molecule has 0 N–H and O–H groups in total. The van der Waals surface area contributed by atoms with Gasteiger partial charge in [-0.1, -0.05) is 0 Å². The third-order valence-corrected chi connectivity index (χ3v) is 4.38. The molecule has 23 heavy (non-hydrogen) atoms. The fraction of sp³-hybridized carbons (Fsp3) is 0.471. The van der Waals surface area contributed by atoms with E-state index in [9.17, 15) is 8.78 Å². The second-order valence-corrected chi connectivity index (χ2v) is 5.82. The number of anilines is 1. The summed E-state index contributed by atoms with van der Waals surface area (Å²) in [6.07, 6.45) is -0.396. The maximum atomic E-state index is 12.5. The predicted octanol–water partition coefficient (Wildman–Crippen LogP) is 2.94. The van der Waals surface area contributed by atoms with Gasteiger partial charge in [-0.25, -0.2) is 8.78 Å². The number of hydrogen-bond donors (Lipinski definition) is 0. The highest BCUT2D eigenvalue weighted by Gasteiger charge is 2.21. The van der Waals surface area contributed by atoms with Crippen molar-refractivity contribution in [2.24, 2.45) is 0 Å². The van der Waals surface area contributed by atoms with Gasteiger partial charge in [0.25, 0.3) is 6.43 Å². The van der Waals surface area contributed by atoms with Gasteiger partial charge in [0, 0.05) is 42.6 Å². The number of hydrogen-bond acceptors (Lipinski definition) is 4. The molecule has 0 bridgehead atoms. The van der Waals surface area contributed by atoms with Gasteiger partial charge in [-0.05, 0) is 25.1 Å². The zero-order valence-electron chi connectivity index (χ0n) is 13.4. The molecular weight excluding hydrogens is 300 g/mol. The second-order valence-electron chi connectivity index (χ2n) is 5.82. The van der Waals surface area contributed by atoms with Gasteiger partial charge in [0.2, 0.25) is 0 Å². The Kier molecular flexibility index (Phi) is 4.61. The molecule has 124 valence electrons. The Morgan fingerprint density at radius 2 is 1.91 bits per heavy atom. The van der Waals surface area contributed by atoms with Gasteiger partial charge < -0.3 is 9.64 Å². The summed E-state index contributed by atoms with van der Waals surface area (Å²) < 4.78 is 30.3. The third-order valence-electron chi connectivity index (χ3n) is 4.38. The van der Waals surface area contributed by atoms with Crippen molar-refractivity contribution in [2.75, 3.05) is 44.7 Å². The van der Waals surface area contributed by atoms with E-state index in [4.69, 9.17) is 4.74 Å². The van der Waals surface area contributed by atoms with Gasteiger partial charge in [-0.2, -0.15) is 0 Å². The molecule has 0 radical (unpaired) electrons. The smallest absolute Gasteiger partial charge is 0.251 e. The van der Waals surface area contributed by atoms with Crippen molar-refractivity contribution in [1.29, 1.82) is 0 Å². The van der Waals surface area contributed by atoms with Crippen molar-refractivity contribution >= 4 is 16.5 Å². The Labute approximate surface area is 134 Å². The van der Waals surface area contributed by atoms with Crippen molar-refractivity contribution in [2.45, 2.75) is 13.3 Å². The van der Waals surface area contributed by atoms with E-state index in [-0.39, 0.29) is 6.54 Å². The van der Waals surface area contributed by atoms with Gasteiger partial charge in [0.15, 0.2) is 0 Å². The van der Waals surface area contributed by atoms with Crippen molar-refractivity contribution in [1.82, 2.24) is 9.88 Å². The normalized spacial score (nSPS) is 16.3. The summed E-state index contributed by atoms with van der Waals surface area (Å²) in [6, 6.07) is 5.97. The number of benzene rings is 1. The van der Waals surface area contributed by atoms with Crippen molar-refractivity contribution < 1.29 is 13.5 Å². The highest BCUT2D eigenvalue weighted by Crippen LogP contribution is 2.31. The van der Waals surface area contributed by atoms with Gasteiger partial charge >= 0.3 is 0 Å². The third kappa shape index (κ3) is 3.37. The van der Waals surface area contributed by atoms with E-state index >= 15 is 0 Å². The molecule has 1 aliphatic rings. The molecule has 0 saturated carbocycles. The topological polar surface area (TPSA) is 28.6 Å². The van der Waals surface area contributed by atoms with Crippen LogP contribution in [0.2, 0.25) is 0 Å². The first-order valence-electron chi connectivity index (χ1n) is 7.77. The lowest BCUT2D eigenvalue weighted by Gasteiger charge is -2.36. The molecule has 1 aromatic heterocycles. The minimum atomic E-state index is -2.27. The zero-order valence-corrected chi connectivity index (χ0v) is 13.4. The number of nitrogens with zero attached hydrogens (tertiary/aromatic N) is 3. The average molecular weight is 321 g/mol. The standard InChI is InChI=1S/C17H21F2N3O/c1-12-14-4-3-13(23-2)9-15(14)16(10-20-12)22-7-5-21(6-8-22)11-17(18)19/h3-4,9-10,17H,5-8,11H2,1-2H3. The molecule has 4 nitrogen and oxygen atoms in total. The largest absolute Gasteiger partial charge is 0.497 e. The number of ether oxygens (including phenoxy) is 1. The van der Waals surface area contributed by atoms with Crippen LogP contribution < -0.4 is 9.64 Å². The molecule has 1 aromatic carbocycles. The highest BCUT2D eigenvalue weighted by atomic mass is 19.3. The molecule has 0 unspecified atom stereocenters. The van der Waals surface area contributed by atoms with Gasteiger partial charge in [0.05, 0.1) is 25.5 Å². The Morgan fingerprint density at radius 3 is 2.57 bits per heavy atom. The van der Waals surface area contributed by atoms with Crippen LogP contribution in [-0.2, 0) is 0 Å². The van der Waals surface area contributed by atoms with E-state index in [1.54, 1.807) is 7.11 Å². The zero-order chi connectivity index (χ0) is 16.4. The molecule has 0 atom stereocenters. The number of aromatic nitrogens is 1. The maximum Gasteiger partial charge on any atom is 0.251 e. The van der Waals surface area contributed by atoms with Crippen LogP contribution in [0.4, 0.5) is 14.5 Å². The van der Waals surface area contributed by atoms with Crippen molar-refractivity contribution in [3.8, 4) is 5.75 Å². The minimum Gasteiger partial charge on any atom is -0.497 e. The first kappa shape index (κ1) is 15.9. The summed E-state index contributed by atoms with van der Waals surface area (Å²) in [6.45, 7) is 4.58. The van der Waals surface area contributed by atoms with E-state index in [1.807, 2.05) is 36.2 Å². The molecular formula is C17H21F2N3O. The summed E-state index contributed by atoms with van der Waals surface area (Å²) in [5.74, 6) is 0.806. The number of alkyl halides is 2. The number of pyridine rings is 1. The van der Waals surface area contributed by atoms with Crippen molar-refractivity contribution in [3.05, 3.63) is 30.1 Å². The summed E-state index contributed by atoms with van der Waals surface area (Å²) in [5, 5.41) is 2.19. The number of aryl methyl sites for hydroxylation is 1. The van der Waals surface area contributed by atoms with Crippen LogP contribution in [0.25, 0.3) is 10.8 Å². The van der Waals surface area contributed by atoms with E-state index in [1.165, 1.54) is 0 Å². The lowest BCUT2D eigenvalue weighted by Crippen LogP contribution is -2.47. The molecule has 3 rings (SSSR count). The SMILES string of the molecule is COc1ccc2c(C)ncc(N3CCN(CC(F)F)CC3)c2c1. The van der Waals surface area contributed by atoms with Crippen LogP contribution in [0, 0.1) is 6.92 Å².